The molecule has 3 heteroatoms. The zero-order chi connectivity index (χ0) is 11.5. The predicted molar refractivity (Wildman–Crippen MR) is 62.4 cm³/mol. The van der Waals surface area contributed by atoms with E-state index in [1.807, 2.05) is 25.1 Å². The fourth-order valence-electron chi connectivity index (χ4n) is 1.75. The summed E-state index contributed by atoms with van der Waals surface area (Å²) >= 11 is 0. The summed E-state index contributed by atoms with van der Waals surface area (Å²) in [4.78, 5) is 16.0. The van der Waals surface area contributed by atoms with E-state index in [4.69, 9.17) is 4.74 Å². The van der Waals surface area contributed by atoms with Crippen LogP contribution in [0.15, 0.2) is 30.5 Å². The molecule has 82 valence electrons. The van der Waals surface area contributed by atoms with Crippen molar-refractivity contribution >= 4 is 16.9 Å². The summed E-state index contributed by atoms with van der Waals surface area (Å²) in [6.45, 7) is 4.15. The number of aryl methyl sites for hydroxylation is 1. The third kappa shape index (κ3) is 1.76. The summed E-state index contributed by atoms with van der Waals surface area (Å²) in [5.41, 5.74) is 2.45. The summed E-state index contributed by atoms with van der Waals surface area (Å²) in [6.07, 6.45) is 1.74. The second kappa shape index (κ2) is 4.31. The van der Waals surface area contributed by atoms with Crippen LogP contribution in [0.3, 0.4) is 0 Å². The Balaban J connectivity index is 2.65. The Bertz CT molecular complexity index is 529. The summed E-state index contributed by atoms with van der Waals surface area (Å²) in [5.74, 6) is -0.288. The SMILES string of the molecule is CCOC(=O)c1cccc2nccc(C)c12. The number of benzene rings is 1. The highest BCUT2D eigenvalue weighted by Gasteiger charge is 2.12. The van der Waals surface area contributed by atoms with Crippen LogP contribution in [0.5, 0.6) is 0 Å². The van der Waals surface area contributed by atoms with Gasteiger partial charge in [-0.1, -0.05) is 6.07 Å². The molecule has 16 heavy (non-hydrogen) atoms. The Labute approximate surface area is 94.1 Å². The van der Waals surface area contributed by atoms with Gasteiger partial charge in [0.1, 0.15) is 0 Å². The maximum atomic E-state index is 11.8. The molecule has 0 aliphatic carbocycles. The highest BCUT2D eigenvalue weighted by molar-refractivity contribution is 6.04. The van der Waals surface area contributed by atoms with Crippen LogP contribution in [0.1, 0.15) is 22.8 Å². The van der Waals surface area contributed by atoms with Gasteiger partial charge in [-0.15, -0.1) is 0 Å². The number of hydrogen-bond acceptors (Lipinski definition) is 3. The van der Waals surface area contributed by atoms with Crippen LogP contribution >= 0.6 is 0 Å². The van der Waals surface area contributed by atoms with E-state index in [1.165, 1.54) is 0 Å². The average molecular weight is 215 g/mol. The zero-order valence-corrected chi connectivity index (χ0v) is 9.36. The van der Waals surface area contributed by atoms with Gasteiger partial charge in [0.15, 0.2) is 0 Å². The molecule has 1 aromatic carbocycles. The summed E-state index contributed by atoms with van der Waals surface area (Å²) in [5, 5.41) is 0.878. The van der Waals surface area contributed by atoms with Crippen LogP contribution in [0.4, 0.5) is 0 Å². The molecular weight excluding hydrogens is 202 g/mol. The molecule has 3 nitrogen and oxygen atoms in total. The van der Waals surface area contributed by atoms with Crippen LogP contribution in [-0.4, -0.2) is 17.6 Å². The van der Waals surface area contributed by atoms with Crippen LogP contribution in [0.2, 0.25) is 0 Å². The molecule has 1 heterocycles. The molecule has 1 aromatic heterocycles. The average Bonchev–Trinajstić information content (AvgIpc) is 2.29. The van der Waals surface area contributed by atoms with Crippen LogP contribution < -0.4 is 0 Å². The smallest absolute Gasteiger partial charge is 0.338 e. The molecule has 0 aliphatic rings. The third-order valence-electron chi connectivity index (χ3n) is 2.47. The number of aromatic nitrogens is 1. The molecule has 0 aliphatic heterocycles. The highest BCUT2D eigenvalue weighted by Crippen LogP contribution is 2.21. The second-order valence-corrected chi connectivity index (χ2v) is 3.55. The minimum Gasteiger partial charge on any atom is -0.462 e. The van der Waals surface area contributed by atoms with Gasteiger partial charge >= 0.3 is 5.97 Å². The van der Waals surface area contributed by atoms with Crippen molar-refractivity contribution in [1.82, 2.24) is 4.98 Å². The van der Waals surface area contributed by atoms with Gasteiger partial charge in [-0.2, -0.15) is 0 Å². The Kier molecular flexibility index (Phi) is 2.86. The molecule has 0 unspecified atom stereocenters. The molecule has 0 amide bonds. The second-order valence-electron chi connectivity index (χ2n) is 3.55. The van der Waals surface area contributed by atoms with Crippen molar-refractivity contribution in [3.05, 3.63) is 41.6 Å². The van der Waals surface area contributed by atoms with Gasteiger partial charge in [-0.3, -0.25) is 4.98 Å². The van der Waals surface area contributed by atoms with Gasteiger partial charge in [0.2, 0.25) is 0 Å². The van der Waals surface area contributed by atoms with E-state index in [2.05, 4.69) is 4.98 Å². The Hall–Kier alpha value is -1.90. The maximum Gasteiger partial charge on any atom is 0.338 e. The van der Waals surface area contributed by atoms with E-state index in [-0.39, 0.29) is 5.97 Å². The maximum absolute atomic E-state index is 11.8. The van der Waals surface area contributed by atoms with Crippen molar-refractivity contribution in [3.8, 4) is 0 Å². The van der Waals surface area contributed by atoms with Crippen molar-refractivity contribution in [2.75, 3.05) is 6.61 Å². The molecule has 0 saturated carbocycles. The quantitative estimate of drug-likeness (QED) is 0.723. The number of fused-ring (bicyclic) bond motifs is 1. The monoisotopic (exact) mass is 215 g/mol. The van der Waals surface area contributed by atoms with E-state index in [0.29, 0.717) is 12.2 Å². The van der Waals surface area contributed by atoms with E-state index in [0.717, 1.165) is 16.5 Å². The lowest BCUT2D eigenvalue weighted by Crippen LogP contribution is -2.06. The summed E-state index contributed by atoms with van der Waals surface area (Å²) < 4.78 is 5.02. The largest absolute Gasteiger partial charge is 0.462 e. The normalized spacial score (nSPS) is 10.4. The predicted octanol–water partition coefficient (Wildman–Crippen LogP) is 2.72. The van der Waals surface area contributed by atoms with Crippen molar-refractivity contribution in [2.45, 2.75) is 13.8 Å². The summed E-state index contributed by atoms with van der Waals surface area (Å²) in [6, 6.07) is 7.38. The van der Waals surface area contributed by atoms with E-state index < -0.39 is 0 Å². The number of ether oxygens (including phenoxy) is 1. The molecule has 0 atom stereocenters. The molecule has 0 saturated heterocycles. The first kappa shape index (κ1) is 10.6. The Morgan fingerprint density at radius 1 is 1.38 bits per heavy atom. The van der Waals surface area contributed by atoms with Crippen molar-refractivity contribution in [1.29, 1.82) is 0 Å². The Morgan fingerprint density at radius 3 is 2.94 bits per heavy atom. The molecule has 2 aromatic rings. The van der Waals surface area contributed by atoms with Gasteiger partial charge in [0.25, 0.3) is 0 Å². The van der Waals surface area contributed by atoms with Crippen LogP contribution in [-0.2, 0) is 4.74 Å². The van der Waals surface area contributed by atoms with Crippen molar-refractivity contribution in [3.63, 3.8) is 0 Å². The molecule has 0 bridgehead atoms. The topological polar surface area (TPSA) is 39.2 Å². The molecular formula is C13H13NO2. The highest BCUT2D eigenvalue weighted by atomic mass is 16.5. The number of pyridine rings is 1. The lowest BCUT2D eigenvalue weighted by molar-refractivity contribution is 0.0528. The molecule has 2 rings (SSSR count). The zero-order valence-electron chi connectivity index (χ0n) is 9.36. The number of carbonyl (C=O) groups excluding carboxylic acids is 1. The Morgan fingerprint density at radius 2 is 2.19 bits per heavy atom. The fraction of sp³-hybridized carbons (Fsp3) is 0.231. The van der Waals surface area contributed by atoms with E-state index in [9.17, 15) is 4.79 Å². The van der Waals surface area contributed by atoms with Gasteiger partial charge in [-0.05, 0) is 37.6 Å². The molecule has 0 fully saturated rings. The third-order valence-corrected chi connectivity index (χ3v) is 2.47. The number of carbonyl (C=O) groups is 1. The standard InChI is InChI=1S/C13H13NO2/c1-3-16-13(15)10-5-4-6-11-12(10)9(2)7-8-14-11/h4-8H,3H2,1-2H3. The lowest BCUT2D eigenvalue weighted by Gasteiger charge is -2.07. The first-order chi connectivity index (χ1) is 7.74. The van der Waals surface area contributed by atoms with Crippen molar-refractivity contribution in [2.24, 2.45) is 0 Å². The number of nitrogens with zero attached hydrogens (tertiary/aromatic N) is 1. The van der Waals surface area contributed by atoms with Gasteiger partial charge < -0.3 is 4.74 Å². The first-order valence-electron chi connectivity index (χ1n) is 5.25. The number of hydrogen-bond donors (Lipinski definition) is 0. The van der Waals surface area contributed by atoms with E-state index >= 15 is 0 Å². The minimum absolute atomic E-state index is 0.288. The van der Waals surface area contributed by atoms with Gasteiger partial charge in [-0.25, -0.2) is 4.79 Å². The van der Waals surface area contributed by atoms with Crippen LogP contribution in [0.25, 0.3) is 10.9 Å². The van der Waals surface area contributed by atoms with E-state index in [1.54, 1.807) is 19.2 Å². The number of esters is 1. The molecule has 0 spiro atoms. The minimum atomic E-state index is -0.288. The van der Waals surface area contributed by atoms with Gasteiger partial charge in [0.05, 0.1) is 17.7 Å². The molecule has 0 radical (unpaired) electrons. The molecule has 0 N–H and O–H groups in total. The number of rotatable bonds is 2. The van der Waals surface area contributed by atoms with Crippen LogP contribution in [0, 0.1) is 6.92 Å². The first-order valence-corrected chi connectivity index (χ1v) is 5.25. The summed E-state index contributed by atoms with van der Waals surface area (Å²) in [7, 11) is 0. The fourth-order valence-corrected chi connectivity index (χ4v) is 1.75. The van der Waals surface area contributed by atoms with Gasteiger partial charge in [0, 0.05) is 11.6 Å². The van der Waals surface area contributed by atoms with Crippen molar-refractivity contribution < 1.29 is 9.53 Å². The lowest BCUT2D eigenvalue weighted by atomic mass is 10.0.